The number of nitrogens with one attached hydrogen (secondary N) is 1. The summed E-state index contributed by atoms with van der Waals surface area (Å²) in [6.07, 6.45) is 10.2. The molecule has 1 heterocycles. The van der Waals surface area contributed by atoms with Gasteiger partial charge in [-0.3, -0.25) is 14.4 Å². The third-order valence-corrected chi connectivity index (χ3v) is 8.83. The van der Waals surface area contributed by atoms with Crippen LogP contribution in [0.15, 0.2) is 0 Å². The molecule has 1 fully saturated rings. The zero-order valence-corrected chi connectivity index (χ0v) is 15.5. The first-order valence-corrected chi connectivity index (χ1v) is 11.8. The van der Waals surface area contributed by atoms with Gasteiger partial charge in [0.1, 0.15) is 0 Å². The molecule has 0 aromatic rings. The summed E-state index contributed by atoms with van der Waals surface area (Å²) >= 11 is 0. The molecule has 1 aliphatic rings. The van der Waals surface area contributed by atoms with E-state index in [2.05, 4.69) is 5.32 Å². The molecule has 0 spiro atoms. The van der Waals surface area contributed by atoms with E-state index in [4.69, 9.17) is 0 Å². The van der Waals surface area contributed by atoms with Crippen molar-refractivity contribution in [2.24, 2.45) is 0 Å². The van der Waals surface area contributed by atoms with E-state index in [9.17, 15) is 28.7 Å². The quantitative estimate of drug-likeness (QED) is 0.471. The monoisotopic (exact) mass is 371 g/mol. The molecule has 5 N–H and O–H groups in total. The Morgan fingerprint density at radius 1 is 0.609 bits per heavy atom. The van der Waals surface area contributed by atoms with Crippen LogP contribution in [0, 0.1) is 0 Å². The zero-order valence-electron chi connectivity index (χ0n) is 13.7. The highest BCUT2D eigenvalue weighted by atomic mass is 31.2. The highest BCUT2D eigenvalue weighted by molar-refractivity contribution is 7.72. The Bertz CT molecular complexity index is 393. The lowest BCUT2D eigenvalue weighted by molar-refractivity contribution is 0.276. The number of hydrogen-bond donors (Lipinski definition) is 5. The van der Waals surface area contributed by atoms with E-state index >= 15 is 0 Å². The van der Waals surface area contributed by atoms with E-state index in [1.54, 1.807) is 0 Å². The Morgan fingerprint density at radius 2 is 0.957 bits per heavy atom. The molecule has 0 aromatic carbocycles. The second-order valence-corrected chi connectivity index (χ2v) is 10.5. The molecule has 0 aliphatic carbocycles. The lowest BCUT2D eigenvalue weighted by Gasteiger charge is -2.35. The minimum Gasteiger partial charge on any atom is -0.323 e. The third-order valence-electron chi connectivity index (χ3n) is 4.57. The predicted octanol–water partition coefficient (Wildman–Crippen LogP) is 3.28. The van der Waals surface area contributed by atoms with Crippen molar-refractivity contribution in [1.82, 2.24) is 5.32 Å². The lowest BCUT2D eigenvalue weighted by atomic mass is 10.1. The fourth-order valence-electron chi connectivity index (χ4n) is 3.13. The summed E-state index contributed by atoms with van der Waals surface area (Å²) in [6.45, 7) is 0.205. The molecule has 0 unspecified atom stereocenters. The Morgan fingerprint density at radius 3 is 1.35 bits per heavy atom. The fourth-order valence-corrected chi connectivity index (χ4v) is 6.02. The molecule has 138 valence electrons. The van der Waals surface area contributed by atoms with Crippen molar-refractivity contribution in [2.75, 3.05) is 6.54 Å². The molecule has 9 heteroatoms. The molecule has 1 rings (SSSR count). The average Bonchev–Trinajstić information content (AvgIpc) is 2.42. The van der Waals surface area contributed by atoms with Gasteiger partial charge in [0.25, 0.3) is 0 Å². The van der Waals surface area contributed by atoms with Crippen molar-refractivity contribution in [2.45, 2.75) is 82.1 Å². The van der Waals surface area contributed by atoms with Crippen LogP contribution in [0.4, 0.5) is 0 Å². The van der Waals surface area contributed by atoms with Gasteiger partial charge in [-0.1, -0.05) is 64.2 Å². The van der Waals surface area contributed by atoms with Gasteiger partial charge in [0.15, 0.2) is 0 Å². The average molecular weight is 371 g/mol. The fraction of sp³-hybridized carbons (Fsp3) is 1.00. The van der Waals surface area contributed by atoms with E-state index in [-0.39, 0.29) is 13.0 Å². The first-order chi connectivity index (χ1) is 10.7. The minimum absolute atomic E-state index is 0.205. The van der Waals surface area contributed by atoms with Crippen LogP contribution in [0.1, 0.15) is 77.0 Å². The topological polar surface area (TPSA) is 127 Å². The summed E-state index contributed by atoms with van der Waals surface area (Å²) in [4.78, 5) is 38.5. The van der Waals surface area contributed by atoms with E-state index in [0.29, 0.717) is 12.8 Å². The van der Waals surface area contributed by atoms with Crippen LogP contribution < -0.4 is 5.32 Å². The van der Waals surface area contributed by atoms with Crippen molar-refractivity contribution >= 4 is 15.2 Å². The van der Waals surface area contributed by atoms with Crippen LogP contribution >= 0.6 is 15.2 Å². The standard InChI is InChI=1S/C14H31NO6P2/c16-22(17,18)14(23(19,20)21)12-10-8-6-4-2-1-3-5-7-9-11-13-15-14/h15H,1-13H2,(H2,16,17,18)(H2,19,20,21). The van der Waals surface area contributed by atoms with Gasteiger partial charge in [-0.25, -0.2) is 0 Å². The molecule has 0 aromatic heterocycles. The van der Waals surface area contributed by atoms with Crippen molar-refractivity contribution in [3.8, 4) is 0 Å². The largest absolute Gasteiger partial charge is 0.357 e. The molecule has 0 amide bonds. The molecule has 7 nitrogen and oxygen atoms in total. The lowest BCUT2D eigenvalue weighted by Crippen LogP contribution is -2.45. The molecule has 23 heavy (non-hydrogen) atoms. The summed E-state index contributed by atoms with van der Waals surface area (Å²) in [7, 11) is -10.0. The Hall–Kier alpha value is 0.260. The molecule has 1 saturated heterocycles. The summed E-state index contributed by atoms with van der Waals surface area (Å²) in [5, 5.41) is 0.126. The van der Waals surface area contributed by atoms with Crippen molar-refractivity contribution < 1.29 is 28.7 Å². The van der Waals surface area contributed by atoms with Gasteiger partial charge in [-0.2, -0.15) is 0 Å². The van der Waals surface area contributed by atoms with E-state index in [0.717, 1.165) is 44.9 Å². The predicted molar refractivity (Wildman–Crippen MR) is 90.2 cm³/mol. The van der Waals surface area contributed by atoms with Crippen LogP contribution in [0.2, 0.25) is 0 Å². The molecule has 0 radical (unpaired) electrons. The first-order valence-electron chi connectivity index (χ1n) is 8.57. The number of rotatable bonds is 2. The van der Waals surface area contributed by atoms with Gasteiger partial charge in [0.2, 0.25) is 5.02 Å². The van der Waals surface area contributed by atoms with Crippen molar-refractivity contribution in [3.63, 3.8) is 0 Å². The Balaban J connectivity index is 2.85. The summed E-state index contributed by atoms with van der Waals surface area (Å²) in [6, 6.07) is 0. The van der Waals surface area contributed by atoms with Crippen LogP contribution in [0.25, 0.3) is 0 Å². The van der Waals surface area contributed by atoms with Gasteiger partial charge < -0.3 is 19.6 Å². The second-order valence-electron chi connectivity index (χ2n) is 6.47. The van der Waals surface area contributed by atoms with Crippen LogP contribution in [0.3, 0.4) is 0 Å². The normalized spacial score (nSPS) is 23.7. The summed E-state index contributed by atoms with van der Waals surface area (Å²) < 4.78 is 23.8. The maximum atomic E-state index is 11.9. The maximum absolute atomic E-state index is 11.9. The third kappa shape index (κ3) is 6.58. The SMILES string of the molecule is O=P(O)(O)C1(P(=O)(O)O)CCCCCCCCCCCCCN1. The highest BCUT2D eigenvalue weighted by Gasteiger charge is 2.59. The van der Waals surface area contributed by atoms with E-state index in [1.165, 1.54) is 12.8 Å². The smallest absolute Gasteiger partial charge is 0.323 e. The van der Waals surface area contributed by atoms with Crippen LogP contribution in [0.5, 0.6) is 0 Å². The molecular weight excluding hydrogens is 340 g/mol. The zero-order chi connectivity index (χ0) is 17.4. The second kappa shape index (κ2) is 9.67. The molecular formula is C14H31NO6P2. The van der Waals surface area contributed by atoms with Gasteiger partial charge in [-0.05, 0) is 19.4 Å². The van der Waals surface area contributed by atoms with Gasteiger partial charge in [0.05, 0.1) is 0 Å². The van der Waals surface area contributed by atoms with Gasteiger partial charge in [0, 0.05) is 0 Å². The summed E-state index contributed by atoms with van der Waals surface area (Å²) in [5.41, 5.74) is 0. The van der Waals surface area contributed by atoms with Crippen LogP contribution in [-0.2, 0) is 9.13 Å². The maximum Gasteiger partial charge on any atom is 0.357 e. The molecule has 1 aliphatic heterocycles. The summed E-state index contributed by atoms with van der Waals surface area (Å²) in [5.74, 6) is 0. The Labute approximate surface area is 138 Å². The molecule has 0 bridgehead atoms. The number of hydrogen-bond acceptors (Lipinski definition) is 3. The van der Waals surface area contributed by atoms with Crippen molar-refractivity contribution in [1.29, 1.82) is 0 Å². The minimum atomic E-state index is -5.00. The van der Waals surface area contributed by atoms with Crippen LogP contribution in [-0.4, -0.2) is 31.1 Å². The van der Waals surface area contributed by atoms with Crippen molar-refractivity contribution in [3.05, 3.63) is 0 Å². The highest BCUT2D eigenvalue weighted by Crippen LogP contribution is 2.69. The van der Waals surface area contributed by atoms with E-state index < -0.39 is 20.2 Å². The molecule has 0 atom stereocenters. The van der Waals surface area contributed by atoms with Gasteiger partial charge in [-0.15, -0.1) is 0 Å². The van der Waals surface area contributed by atoms with E-state index in [1.807, 2.05) is 0 Å². The first kappa shape index (κ1) is 21.3. The molecule has 0 saturated carbocycles. The Kier molecular flexibility index (Phi) is 8.95. The van der Waals surface area contributed by atoms with Gasteiger partial charge >= 0.3 is 15.2 Å².